The maximum absolute atomic E-state index is 12.1. The summed E-state index contributed by atoms with van der Waals surface area (Å²) < 4.78 is 9.13. The van der Waals surface area contributed by atoms with Crippen LogP contribution in [0.3, 0.4) is 0 Å². The first-order chi connectivity index (χ1) is 12.9. The van der Waals surface area contributed by atoms with Gasteiger partial charge in [-0.15, -0.1) is 0 Å². The van der Waals surface area contributed by atoms with Crippen LogP contribution in [0.5, 0.6) is 0 Å². The predicted octanol–water partition coefficient (Wildman–Crippen LogP) is 1.31. The normalized spacial score (nSPS) is 11.3. The average Bonchev–Trinajstić information content (AvgIpc) is 2.66. The molecule has 8 heteroatoms. The molecule has 0 saturated carbocycles. The van der Waals surface area contributed by atoms with E-state index in [-0.39, 0.29) is 18.9 Å². The molecule has 0 aliphatic heterocycles. The van der Waals surface area contributed by atoms with Crippen LogP contribution in [0.1, 0.15) is 12.5 Å². The molecule has 0 aliphatic rings. The number of rotatable bonds is 6. The molecule has 0 aromatic heterocycles. The summed E-state index contributed by atoms with van der Waals surface area (Å²) in [5.74, 6) is -1.97. The van der Waals surface area contributed by atoms with Crippen LogP contribution in [0.4, 0.5) is 4.79 Å². The Kier molecular flexibility index (Phi) is 6.87. The van der Waals surface area contributed by atoms with Gasteiger partial charge in [0.2, 0.25) is 5.91 Å². The number of imide groups is 1. The molecule has 27 heavy (non-hydrogen) atoms. The van der Waals surface area contributed by atoms with Crippen molar-refractivity contribution in [2.75, 3.05) is 13.7 Å². The molecular formula is C19H20N2O6. The van der Waals surface area contributed by atoms with E-state index in [4.69, 9.17) is 4.74 Å². The summed E-state index contributed by atoms with van der Waals surface area (Å²) in [6.07, 6.45) is -2.05. The molecule has 0 radical (unpaired) electrons. The zero-order valence-corrected chi connectivity index (χ0v) is 15.0. The molecule has 3 amide bonds. The summed E-state index contributed by atoms with van der Waals surface area (Å²) in [4.78, 5) is 46.4. The second-order valence-corrected chi connectivity index (χ2v) is 5.70. The highest BCUT2D eigenvalue weighted by atomic mass is 16.6. The van der Waals surface area contributed by atoms with E-state index >= 15 is 0 Å². The summed E-state index contributed by atoms with van der Waals surface area (Å²) in [7, 11) is 1.10. The van der Waals surface area contributed by atoms with E-state index in [1.807, 2.05) is 47.8 Å². The number of benzene rings is 2. The molecule has 1 atom stereocenters. The molecule has 0 spiro atoms. The van der Waals surface area contributed by atoms with Gasteiger partial charge in [0, 0.05) is 0 Å². The number of hydrogen-bond acceptors (Lipinski definition) is 6. The van der Waals surface area contributed by atoms with Gasteiger partial charge < -0.3 is 14.8 Å². The van der Waals surface area contributed by atoms with Crippen molar-refractivity contribution in [2.45, 2.75) is 19.4 Å². The van der Waals surface area contributed by atoms with Crippen LogP contribution in [0.15, 0.2) is 42.5 Å². The Morgan fingerprint density at radius 3 is 2.48 bits per heavy atom. The second kappa shape index (κ2) is 9.33. The monoisotopic (exact) mass is 372 g/mol. The summed E-state index contributed by atoms with van der Waals surface area (Å²) in [6.45, 7) is 0.910. The van der Waals surface area contributed by atoms with Crippen LogP contribution in [-0.2, 0) is 30.3 Å². The lowest BCUT2D eigenvalue weighted by Crippen LogP contribution is -2.41. The van der Waals surface area contributed by atoms with Gasteiger partial charge in [0.05, 0.1) is 13.5 Å². The molecule has 0 unspecified atom stereocenters. The summed E-state index contributed by atoms with van der Waals surface area (Å²) >= 11 is 0. The lowest BCUT2D eigenvalue weighted by atomic mass is 10.0. The number of carbonyl (C=O) groups is 4. The maximum atomic E-state index is 12.1. The fourth-order valence-electron chi connectivity index (χ4n) is 2.40. The van der Waals surface area contributed by atoms with Crippen molar-refractivity contribution in [2.24, 2.45) is 0 Å². The number of amides is 3. The minimum atomic E-state index is -1.20. The van der Waals surface area contributed by atoms with Gasteiger partial charge >= 0.3 is 12.1 Å². The lowest BCUT2D eigenvalue weighted by molar-refractivity contribution is -0.154. The number of hydrogen-bond donors (Lipinski definition) is 2. The first-order valence-electron chi connectivity index (χ1n) is 8.22. The number of alkyl carbamates (subject to hydrolysis) is 1. The van der Waals surface area contributed by atoms with Gasteiger partial charge in [-0.3, -0.25) is 19.7 Å². The fourth-order valence-corrected chi connectivity index (χ4v) is 2.40. The number of ether oxygens (including phenoxy) is 2. The van der Waals surface area contributed by atoms with Crippen molar-refractivity contribution in [1.29, 1.82) is 0 Å². The topological polar surface area (TPSA) is 111 Å². The Balaban J connectivity index is 1.83. The van der Waals surface area contributed by atoms with E-state index in [0.29, 0.717) is 0 Å². The van der Waals surface area contributed by atoms with Crippen LogP contribution in [0.25, 0.3) is 10.8 Å². The third kappa shape index (κ3) is 5.81. The molecule has 2 aromatic rings. The van der Waals surface area contributed by atoms with E-state index in [1.165, 1.54) is 6.92 Å². The van der Waals surface area contributed by atoms with Crippen molar-refractivity contribution in [3.8, 4) is 0 Å². The lowest BCUT2D eigenvalue weighted by Gasteiger charge is -2.13. The van der Waals surface area contributed by atoms with Crippen LogP contribution >= 0.6 is 0 Å². The van der Waals surface area contributed by atoms with Crippen molar-refractivity contribution in [3.63, 3.8) is 0 Å². The predicted molar refractivity (Wildman–Crippen MR) is 96.8 cm³/mol. The fraction of sp³-hybridized carbons (Fsp3) is 0.263. The van der Waals surface area contributed by atoms with Gasteiger partial charge in [0.15, 0.2) is 6.10 Å². The molecular weight excluding hydrogens is 352 g/mol. The molecule has 0 heterocycles. The van der Waals surface area contributed by atoms with Crippen LogP contribution in [-0.4, -0.2) is 43.6 Å². The summed E-state index contributed by atoms with van der Waals surface area (Å²) in [6, 6.07) is 13.3. The van der Waals surface area contributed by atoms with Crippen molar-refractivity contribution < 1.29 is 28.7 Å². The minimum Gasteiger partial charge on any atom is -0.453 e. The zero-order valence-electron chi connectivity index (χ0n) is 15.0. The van der Waals surface area contributed by atoms with Gasteiger partial charge in [-0.25, -0.2) is 4.79 Å². The Labute approximate surface area is 155 Å². The molecule has 0 bridgehead atoms. The van der Waals surface area contributed by atoms with Gasteiger partial charge in [-0.1, -0.05) is 42.5 Å². The summed E-state index contributed by atoms with van der Waals surface area (Å²) in [5, 5.41) is 6.32. The Hall–Kier alpha value is -3.42. The molecule has 0 saturated heterocycles. The van der Waals surface area contributed by atoms with Crippen LogP contribution < -0.4 is 10.6 Å². The largest absolute Gasteiger partial charge is 0.453 e. The smallest absolute Gasteiger partial charge is 0.413 e. The Bertz CT molecular complexity index is 859. The maximum Gasteiger partial charge on any atom is 0.413 e. The van der Waals surface area contributed by atoms with Crippen molar-refractivity contribution in [1.82, 2.24) is 10.6 Å². The number of esters is 1. The average molecular weight is 372 g/mol. The first kappa shape index (κ1) is 19.9. The highest BCUT2D eigenvalue weighted by molar-refractivity contribution is 5.95. The molecule has 2 rings (SSSR count). The van der Waals surface area contributed by atoms with Crippen molar-refractivity contribution in [3.05, 3.63) is 48.0 Å². The first-order valence-corrected chi connectivity index (χ1v) is 8.22. The minimum absolute atomic E-state index is 0.104. The standard InChI is InChI=1S/C19H20N2O6/c1-12(18(24)21-19(25)26-2)27-17(23)11-20-16(22)10-14-8-5-7-13-6-3-4-9-15(13)14/h3-9,12H,10-11H2,1-2H3,(H,20,22)(H,21,24,25)/t12-/m1/s1. The molecule has 2 aromatic carbocycles. The van der Waals surface area contributed by atoms with Gasteiger partial charge in [0.25, 0.3) is 5.91 Å². The highest BCUT2D eigenvalue weighted by Crippen LogP contribution is 2.18. The Morgan fingerprint density at radius 1 is 1.04 bits per heavy atom. The number of methoxy groups -OCH3 is 1. The number of carbonyl (C=O) groups excluding carboxylic acids is 4. The summed E-state index contributed by atoms with van der Waals surface area (Å²) in [5.41, 5.74) is 0.838. The van der Waals surface area contributed by atoms with E-state index in [2.05, 4.69) is 10.1 Å². The number of fused-ring (bicyclic) bond motifs is 1. The van der Waals surface area contributed by atoms with Crippen molar-refractivity contribution >= 4 is 34.6 Å². The number of nitrogens with one attached hydrogen (secondary N) is 2. The third-order valence-electron chi connectivity index (χ3n) is 3.75. The molecule has 0 aliphatic carbocycles. The highest BCUT2D eigenvalue weighted by Gasteiger charge is 2.20. The van der Waals surface area contributed by atoms with Gasteiger partial charge in [0.1, 0.15) is 6.54 Å². The van der Waals surface area contributed by atoms with E-state index in [1.54, 1.807) is 0 Å². The molecule has 142 valence electrons. The molecule has 0 fully saturated rings. The quantitative estimate of drug-likeness (QED) is 0.740. The third-order valence-corrected chi connectivity index (χ3v) is 3.75. The van der Waals surface area contributed by atoms with E-state index in [9.17, 15) is 19.2 Å². The van der Waals surface area contributed by atoms with E-state index in [0.717, 1.165) is 23.4 Å². The second-order valence-electron chi connectivity index (χ2n) is 5.70. The zero-order chi connectivity index (χ0) is 19.8. The van der Waals surface area contributed by atoms with Crippen LogP contribution in [0, 0.1) is 0 Å². The molecule has 2 N–H and O–H groups in total. The van der Waals surface area contributed by atoms with Crippen LogP contribution in [0.2, 0.25) is 0 Å². The SMILES string of the molecule is COC(=O)NC(=O)[C@@H](C)OC(=O)CNC(=O)Cc1cccc2ccccc12. The Morgan fingerprint density at radius 2 is 1.74 bits per heavy atom. The van der Waals surface area contributed by atoms with Gasteiger partial charge in [-0.05, 0) is 23.3 Å². The van der Waals surface area contributed by atoms with E-state index < -0.39 is 24.1 Å². The van der Waals surface area contributed by atoms with Gasteiger partial charge in [-0.2, -0.15) is 0 Å². The molecule has 8 nitrogen and oxygen atoms in total.